The summed E-state index contributed by atoms with van der Waals surface area (Å²) in [6.07, 6.45) is -4.30. The van der Waals surface area contributed by atoms with Gasteiger partial charge < -0.3 is 5.73 Å². The van der Waals surface area contributed by atoms with E-state index < -0.39 is 11.7 Å². The lowest BCUT2D eigenvalue weighted by Gasteiger charge is -2.10. The van der Waals surface area contributed by atoms with Gasteiger partial charge >= 0.3 is 6.18 Å². The van der Waals surface area contributed by atoms with Crippen molar-refractivity contribution in [3.05, 3.63) is 59.7 Å². The summed E-state index contributed by atoms with van der Waals surface area (Å²) < 4.78 is 37.4. The van der Waals surface area contributed by atoms with E-state index >= 15 is 0 Å². The van der Waals surface area contributed by atoms with Gasteiger partial charge in [-0.2, -0.15) is 13.2 Å². The highest BCUT2D eigenvalue weighted by Crippen LogP contribution is 2.31. The Labute approximate surface area is 109 Å². The predicted molar refractivity (Wildman–Crippen MR) is 69.5 cm³/mol. The van der Waals surface area contributed by atoms with Crippen molar-refractivity contribution in [2.45, 2.75) is 19.1 Å². The molecule has 0 spiro atoms. The van der Waals surface area contributed by atoms with E-state index in [0.29, 0.717) is 0 Å². The average molecular weight is 265 g/mol. The van der Waals surface area contributed by atoms with Gasteiger partial charge in [-0.25, -0.2) is 0 Å². The van der Waals surface area contributed by atoms with E-state index in [0.717, 1.165) is 28.8 Å². The van der Waals surface area contributed by atoms with Crippen LogP contribution in [0.15, 0.2) is 48.5 Å². The van der Waals surface area contributed by atoms with Gasteiger partial charge in [0.15, 0.2) is 0 Å². The predicted octanol–water partition coefficient (Wildman–Crippen LogP) is 4.39. The SMILES string of the molecule is C[C@H](N)c1cccc(-c2ccc(C(F)(F)F)cc2)c1. The van der Waals surface area contributed by atoms with Crippen LogP contribution in [0.25, 0.3) is 11.1 Å². The molecule has 2 N–H and O–H groups in total. The second kappa shape index (κ2) is 5.05. The molecule has 0 fully saturated rings. The molecule has 0 aromatic heterocycles. The van der Waals surface area contributed by atoms with Crippen LogP contribution >= 0.6 is 0 Å². The van der Waals surface area contributed by atoms with Crippen LogP contribution in [0, 0.1) is 0 Å². The van der Waals surface area contributed by atoms with Gasteiger partial charge in [-0.05, 0) is 41.8 Å². The number of halogens is 3. The summed E-state index contributed by atoms with van der Waals surface area (Å²) in [5.74, 6) is 0. The van der Waals surface area contributed by atoms with Crippen LogP contribution in [0.3, 0.4) is 0 Å². The molecule has 0 unspecified atom stereocenters. The normalized spacial score (nSPS) is 13.3. The Morgan fingerprint density at radius 2 is 1.58 bits per heavy atom. The second-order valence-electron chi connectivity index (χ2n) is 4.49. The van der Waals surface area contributed by atoms with Crippen molar-refractivity contribution in [2.24, 2.45) is 5.73 Å². The molecule has 2 rings (SSSR count). The molecule has 0 saturated heterocycles. The molecule has 4 heteroatoms. The molecule has 0 aliphatic rings. The van der Waals surface area contributed by atoms with E-state index in [-0.39, 0.29) is 6.04 Å². The molecular weight excluding hydrogens is 251 g/mol. The largest absolute Gasteiger partial charge is 0.416 e. The fourth-order valence-electron chi connectivity index (χ4n) is 1.85. The van der Waals surface area contributed by atoms with E-state index in [4.69, 9.17) is 5.73 Å². The summed E-state index contributed by atoms with van der Waals surface area (Å²) in [7, 11) is 0. The zero-order valence-electron chi connectivity index (χ0n) is 10.4. The molecule has 0 aliphatic carbocycles. The maximum atomic E-state index is 12.5. The van der Waals surface area contributed by atoms with E-state index in [1.165, 1.54) is 12.1 Å². The highest BCUT2D eigenvalue weighted by atomic mass is 19.4. The molecule has 0 radical (unpaired) electrons. The van der Waals surface area contributed by atoms with E-state index in [9.17, 15) is 13.2 Å². The third-order valence-corrected chi connectivity index (χ3v) is 2.96. The van der Waals surface area contributed by atoms with Crippen LogP contribution in [0.2, 0.25) is 0 Å². The molecule has 1 atom stereocenters. The molecule has 1 nitrogen and oxygen atoms in total. The fraction of sp³-hybridized carbons (Fsp3) is 0.200. The number of hydrogen-bond acceptors (Lipinski definition) is 1. The number of nitrogens with two attached hydrogens (primary N) is 1. The Hall–Kier alpha value is -1.81. The van der Waals surface area contributed by atoms with Gasteiger partial charge in [0.1, 0.15) is 0 Å². The lowest BCUT2D eigenvalue weighted by molar-refractivity contribution is -0.137. The quantitative estimate of drug-likeness (QED) is 0.856. The zero-order valence-corrected chi connectivity index (χ0v) is 10.4. The first kappa shape index (κ1) is 13.6. The van der Waals surface area contributed by atoms with Crippen LogP contribution in [-0.2, 0) is 6.18 Å². The van der Waals surface area contributed by atoms with Gasteiger partial charge in [0.25, 0.3) is 0 Å². The molecule has 100 valence electrons. The summed E-state index contributed by atoms with van der Waals surface area (Å²) in [5.41, 5.74) is 7.72. The zero-order chi connectivity index (χ0) is 14.0. The summed E-state index contributed by atoms with van der Waals surface area (Å²) >= 11 is 0. The summed E-state index contributed by atoms with van der Waals surface area (Å²) in [4.78, 5) is 0. The van der Waals surface area contributed by atoms with E-state index in [1.807, 2.05) is 31.2 Å². The van der Waals surface area contributed by atoms with Gasteiger partial charge in [0.05, 0.1) is 5.56 Å². The Morgan fingerprint density at radius 1 is 0.947 bits per heavy atom. The minimum atomic E-state index is -4.30. The molecule has 2 aromatic carbocycles. The van der Waals surface area contributed by atoms with Crippen molar-refractivity contribution in [1.82, 2.24) is 0 Å². The second-order valence-corrected chi connectivity index (χ2v) is 4.49. The van der Waals surface area contributed by atoms with Crippen molar-refractivity contribution in [3.63, 3.8) is 0 Å². The fourth-order valence-corrected chi connectivity index (χ4v) is 1.85. The first-order chi connectivity index (χ1) is 8.88. The van der Waals surface area contributed by atoms with Gasteiger partial charge in [-0.3, -0.25) is 0 Å². The maximum absolute atomic E-state index is 12.5. The Bertz CT molecular complexity index is 556. The van der Waals surface area contributed by atoms with Crippen LogP contribution < -0.4 is 5.73 Å². The van der Waals surface area contributed by atoms with Crippen molar-refractivity contribution in [1.29, 1.82) is 0 Å². The Balaban J connectivity index is 2.35. The maximum Gasteiger partial charge on any atom is 0.416 e. The molecule has 19 heavy (non-hydrogen) atoms. The first-order valence-electron chi connectivity index (χ1n) is 5.91. The van der Waals surface area contributed by atoms with E-state index in [2.05, 4.69) is 0 Å². The minimum Gasteiger partial charge on any atom is -0.324 e. The highest BCUT2D eigenvalue weighted by molar-refractivity contribution is 5.64. The number of benzene rings is 2. The van der Waals surface area contributed by atoms with E-state index in [1.54, 1.807) is 0 Å². The van der Waals surface area contributed by atoms with Crippen molar-refractivity contribution in [3.8, 4) is 11.1 Å². The van der Waals surface area contributed by atoms with Gasteiger partial charge in [0.2, 0.25) is 0 Å². The van der Waals surface area contributed by atoms with Gasteiger partial charge in [-0.15, -0.1) is 0 Å². The van der Waals surface area contributed by atoms with Crippen LogP contribution in [0.5, 0.6) is 0 Å². The first-order valence-corrected chi connectivity index (χ1v) is 5.91. The highest BCUT2D eigenvalue weighted by Gasteiger charge is 2.29. The summed E-state index contributed by atoms with van der Waals surface area (Å²) in [6, 6.07) is 12.5. The number of rotatable bonds is 2. The smallest absolute Gasteiger partial charge is 0.324 e. The molecule has 0 amide bonds. The molecule has 2 aromatic rings. The third-order valence-electron chi connectivity index (χ3n) is 2.96. The van der Waals surface area contributed by atoms with Crippen molar-refractivity contribution in [2.75, 3.05) is 0 Å². The lowest BCUT2D eigenvalue weighted by Crippen LogP contribution is -2.05. The molecule has 0 saturated carbocycles. The average Bonchev–Trinajstić information content (AvgIpc) is 2.38. The molecule has 0 heterocycles. The monoisotopic (exact) mass is 265 g/mol. The molecule has 0 bridgehead atoms. The number of alkyl halides is 3. The van der Waals surface area contributed by atoms with Crippen molar-refractivity contribution < 1.29 is 13.2 Å². The van der Waals surface area contributed by atoms with Crippen LogP contribution in [0.1, 0.15) is 24.1 Å². The summed E-state index contributed by atoms with van der Waals surface area (Å²) in [5, 5.41) is 0. The van der Waals surface area contributed by atoms with Crippen LogP contribution in [-0.4, -0.2) is 0 Å². The Kier molecular flexibility index (Phi) is 3.62. The third kappa shape index (κ3) is 3.15. The Morgan fingerprint density at radius 3 is 2.11 bits per heavy atom. The van der Waals surface area contributed by atoms with Crippen LogP contribution in [0.4, 0.5) is 13.2 Å². The topological polar surface area (TPSA) is 26.0 Å². The molecular formula is C15H14F3N. The lowest BCUT2D eigenvalue weighted by atomic mass is 9.99. The molecule has 0 aliphatic heterocycles. The standard InChI is InChI=1S/C15H14F3N/c1-10(19)12-3-2-4-13(9-12)11-5-7-14(8-6-11)15(16,17)18/h2-10H,19H2,1H3/t10-/m0/s1. The summed E-state index contributed by atoms with van der Waals surface area (Å²) in [6.45, 7) is 1.87. The number of hydrogen-bond donors (Lipinski definition) is 1. The van der Waals surface area contributed by atoms with Gasteiger partial charge in [-0.1, -0.05) is 30.3 Å². The minimum absolute atomic E-state index is 0.102. The van der Waals surface area contributed by atoms with Gasteiger partial charge in [0, 0.05) is 6.04 Å². The van der Waals surface area contributed by atoms with Crippen molar-refractivity contribution >= 4 is 0 Å².